The highest BCUT2D eigenvalue weighted by atomic mass is 79.9. The molecule has 1 aliphatic heterocycles. The van der Waals surface area contributed by atoms with Gasteiger partial charge in [-0.3, -0.25) is 14.5 Å². The first-order chi connectivity index (χ1) is 14.1. The van der Waals surface area contributed by atoms with Gasteiger partial charge >= 0.3 is 0 Å². The third-order valence-corrected chi connectivity index (χ3v) is 5.56. The second-order valence-corrected chi connectivity index (χ2v) is 7.66. The minimum absolute atomic E-state index is 0.0538. The number of fused-ring (bicyclic) bond motifs is 2. The number of carbonyl (C=O) groups is 1. The minimum atomic E-state index is -0.916. The molecule has 1 unspecified atom stereocenters. The molecule has 0 fully saturated rings. The summed E-state index contributed by atoms with van der Waals surface area (Å²) in [5, 5.41) is 0.335. The minimum Gasteiger partial charge on any atom is -0.450 e. The van der Waals surface area contributed by atoms with Crippen LogP contribution in [0.4, 0.5) is 10.1 Å². The molecule has 4 aromatic rings. The topological polar surface area (TPSA) is 50.5 Å². The van der Waals surface area contributed by atoms with Crippen LogP contribution in [0.25, 0.3) is 11.0 Å². The number of hydrogen-bond acceptors (Lipinski definition) is 3. The lowest BCUT2D eigenvalue weighted by molar-refractivity contribution is 0.0971. The molecule has 1 atom stereocenters. The van der Waals surface area contributed by atoms with Gasteiger partial charge in [-0.15, -0.1) is 0 Å². The summed E-state index contributed by atoms with van der Waals surface area (Å²) in [6.45, 7) is 0. The number of anilines is 1. The highest BCUT2D eigenvalue weighted by Gasteiger charge is 2.44. The Morgan fingerprint density at radius 3 is 2.41 bits per heavy atom. The van der Waals surface area contributed by atoms with Gasteiger partial charge in [0, 0.05) is 15.7 Å². The number of hydrogen-bond donors (Lipinski definition) is 0. The molecule has 4 nitrogen and oxygen atoms in total. The van der Waals surface area contributed by atoms with Crippen LogP contribution in [0.2, 0.25) is 0 Å². The van der Waals surface area contributed by atoms with Crippen LogP contribution in [-0.2, 0) is 0 Å². The molecular formula is C23H13BrFNO3. The molecule has 6 heteroatoms. The molecule has 5 rings (SSSR count). The lowest BCUT2D eigenvalue weighted by Crippen LogP contribution is -2.30. The second-order valence-electron chi connectivity index (χ2n) is 6.75. The van der Waals surface area contributed by atoms with Crippen LogP contribution >= 0.6 is 15.9 Å². The molecule has 0 aliphatic carbocycles. The maximum atomic E-state index is 14.8. The van der Waals surface area contributed by atoms with Crippen molar-refractivity contribution in [3.63, 3.8) is 0 Å². The Morgan fingerprint density at radius 2 is 1.66 bits per heavy atom. The first kappa shape index (κ1) is 17.8. The molecule has 29 heavy (non-hydrogen) atoms. The van der Waals surface area contributed by atoms with Crippen LogP contribution in [-0.4, -0.2) is 5.91 Å². The predicted octanol–water partition coefficient (Wildman–Crippen LogP) is 5.44. The molecule has 0 saturated carbocycles. The average molecular weight is 450 g/mol. The third kappa shape index (κ3) is 2.71. The van der Waals surface area contributed by atoms with E-state index < -0.39 is 17.8 Å². The van der Waals surface area contributed by atoms with Crippen LogP contribution in [0, 0.1) is 5.82 Å². The molecule has 3 aromatic carbocycles. The third-order valence-electron chi connectivity index (χ3n) is 5.07. The smallest absolute Gasteiger partial charge is 0.295 e. The number of carbonyl (C=O) groups excluding carboxylic acids is 1. The van der Waals surface area contributed by atoms with E-state index in [0.29, 0.717) is 21.1 Å². The second kappa shape index (κ2) is 6.67. The van der Waals surface area contributed by atoms with E-state index in [1.165, 1.54) is 11.0 Å². The van der Waals surface area contributed by atoms with E-state index in [4.69, 9.17) is 4.42 Å². The Kier molecular flexibility index (Phi) is 4.10. The van der Waals surface area contributed by atoms with Crippen molar-refractivity contribution in [3.8, 4) is 0 Å². The molecule has 0 radical (unpaired) electrons. The number of nitrogens with zero attached hydrogens (tertiary/aromatic N) is 1. The van der Waals surface area contributed by atoms with Gasteiger partial charge in [-0.2, -0.15) is 0 Å². The number of para-hydroxylation sites is 1. The van der Waals surface area contributed by atoms with E-state index in [-0.39, 0.29) is 22.3 Å². The summed E-state index contributed by atoms with van der Waals surface area (Å²) < 4.78 is 21.4. The number of benzene rings is 3. The fraction of sp³-hybridized carbons (Fsp3) is 0.0435. The van der Waals surface area contributed by atoms with E-state index in [1.54, 1.807) is 60.7 Å². The molecular weight excluding hydrogens is 437 g/mol. The molecule has 1 amide bonds. The van der Waals surface area contributed by atoms with Crippen LogP contribution in [0.5, 0.6) is 0 Å². The average Bonchev–Trinajstić information content (AvgIpc) is 3.02. The summed E-state index contributed by atoms with van der Waals surface area (Å²) in [6.07, 6.45) is 0. The van der Waals surface area contributed by atoms with E-state index in [0.717, 1.165) is 0 Å². The van der Waals surface area contributed by atoms with Crippen molar-refractivity contribution in [3.05, 3.63) is 110 Å². The van der Waals surface area contributed by atoms with Crippen molar-refractivity contribution < 1.29 is 13.6 Å². The van der Waals surface area contributed by atoms with Crippen molar-refractivity contribution in [1.29, 1.82) is 0 Å². The zero-order chi connectivity index (χ0) is 20.1. The maximum absolute atomic E-state index is 14.8. The molecule has 0 spiro atoms. The first-order valence-corrected chi connectivity index (χ1v) is 9.75. The Morgan fingerprint density at radius 1 is 0.931 bits per heavy atom. The Bertz CT molecular complexity index is 1330. The Balaban J connectivity index is 1.86. The van der Waals surface area contributed by atoms with E-state index >= 15 is 0 Å². The monoisotopic (exact) mass is 449 g/mol. The SMILES string of the molecule is O=C1c2oc3ccc(Br)cc3c(=O)c2C(c2ccccc2F)N1c1ccccc1. The van der Waals surface area contributed by atoms with E-state index in [9.17, 15) is 14.0 Å². The molecule has 0 bridgehead atoms. The van der Waals surface area contributed by atoms with E-state index in [2.05, 4.69) is 15.9 Å². The standard InChI is InChI=1S/C23H13BrFNO3/c24-13-10-11-18-16(12-13)21(27)19-20(15-8-4-5-9-17(15)25)26(23(28)22(19)29-18)14-6-2-1-3-7-14/h1-12,20H. The molecule has 0 N–H and O–H groups in total. The van der Waals surface area contributed by atoms with Crippen molar-refractivity contribution in [2.75, 3.05) is 4.90 Å². The predicted molar refractivity (Wildman–Crippen MR) is 112 cm³/mol. The summed E-state index contributed by atoms with van der Waals surface area (Å²) in [6, 6.07) is 19.2. The largest absolute Gasteiger partial charge is 0.450 e. The maximum Gasteiger partial charge on any atom is 0.295 e. The van der Waals surface area contributed by atoms with Gasteiger partial charge in [-0.1, -0.05) is 52.3 Å². The lowest BCUT2D eigenvalue weighted by Gasteiger charge is -2.25. The molecule has 0 saturated heterocycles. The van der Waals surface area contributed by atoms with E-state index in [1.807, 2.05) is 6.07 Å². The highest BCUT2D eigenvalue weighted by molar-refractivity contribution is 9.10. The summed E-state index contributed by atoms with van der Waals surface area (Å²) in [5.41, 5.74) is 0.913. The van der Waals surface area contributed by atoms with Crippen LogP contribution < -0.4 is 10.3 Å². The van der Waals surface area contributed by atoms with Gasteiger partial charge < -0.3 is 4.42 Å². The van der Waals surface area contributed by atoms with Gasteiger partial charge in [0.15, 0.2) is 5.43 Å². The normalized spacial score (nSPS) is 15.7. The molecule has 2 heterocycles. The van der Waals surface area contributed by atoms with Crippen molar-refractivity contribution in [2.45, 2.75) is 6.04 Å². The summed E-state index contributed by atoms with van der Waals surface area (Å²) >= 11 is 3.36. The first-order valence-electron chi connectivity index (χ1n) is 8.95. The Labute approximate surface area is 173 Å². The Hall–Kier alpha value is -3.25. The molecule has 1 aliphatic rings. The van der Waals surface area contributed by atoms with Gasteiger partial charge in [-0.05, 0) is 36.4 Å². The van der Waals surface area contributed by atoms with Gasteiger partial charge in [0.1, 0.15) is 11.4 Å². The number of rotatable bonds is 2. The highest BCUT2D eigenvalue weighted by Crippen LogP contribution is 2.41. The van der Waals surface area contributed by atoms with Crippen LogP contribution in [0.3, 0.4) is 0 Å². The van der Waals surface area contributed by atoms with Gasteiger partial charge in [-0.25, -0.2) is 4.39 Å². The number of amides is 1. The quantitative estimate of drug-likeness (QED) is 0.409. The fourth-order valence-electron chi connectivity index (χ4n) is 3.79. The zero-order valence-electron chi connectivity index (χ0n) is 14.9. The zero-order valence-corrected chi connectivity index (χ0v) is 16.5. The molecule has 142 valence electrons. The van der Waals surface area contributed by atoms with Gasteiger partial charge in [0.05, 0.1) is 17.0 Å². The van der Waals surface area contributed by atoms with Crippen molar-refractivity contribution in [2.24, 2.45) is 0 Å². The summed E-state index contributed by atoms with van der Waals surface area (Å²) in [4.78, 5) is 28.1. The number of halogens is 2. The lowest BCUT2D eigenvalue weighted by atomic mass is 9.98. The summed E-state index contributed by atoms with van der Waals surface area (Å²) in [5.74, 6) is -1.02. The van der Waals surface area contributed by atoms with Crippen molar-refractivity contribution >= 4 is 38.5 Å². The van der Waals surface area contributed by atoms with Gasteiger partial charge in [0.2, 0.25) is 5.76 Å². The van der Waals surface area contributed by atoms with Crippen molar-refractivity contribution in [1.82, 2.24) is 0 Å². The van der Waals surface area contributed by atoms with Crippen LogP contribution in [0.15, 0.2) is 86.5 Å². The van der Waals surface area contributed by atoms with Gasteiger partial charge in [0.25, 0.3) is 5.91 Å². The summed E-state index contributed by atoms with van der Waals surface area (Å²) in [7, 11) is 0. The fourth-order valence-corrected chi connectivity index (χ4v) is 4.15. The van der Waals surface area contributed by atoms with Crippen LogP contribution in [0.1, 0.15) is 27.7 Å². The molecule has 1 aromatic heterocycles.